The maximum absolute atomic E-state index is 10.4. The Kier molecular flexibility index (Phi) is 11.4. The van der Waals surface area contributed by atoms with Gasteiger partial charge in [0.1, 0.15) is 0 Å². The van der Waals surface area contributed by atoms with Crippen LogP contribution in [0.1, 0.15) is 1.43 Å². The molecular weight excluding hydrogens is 332 g/mol. The third-order valence-electron chi connectivity index (χ3n) is 2.14. The van der Waals surface area contributed by atoms with Gasteiger partial charge in [-0.05, 0) is 0 Å². The van der Waals surface area contributed by atoms with Crippen LogP contribution in [0.5, 0.6) is 0 Å². The average Bonchev–Trinajstić information content (AvgIpc) is 2.22. The van der Waals surface area contributed by atoms with Crippen molar-refractivity contribution in [2.24, 2.45) is 0 Å². The molecule has 0 aliphatic carbocycles. The second kappa shape index (κ2) is 11.0. The van der Waals surface area contributed by atoms with Crippen LogP contribution in [0.2, 0.25) is 0 Å². The number of carbonyl (C=O) groups excluding carboxylic acids is 4. The molecule has 10 nitrogen and oxygen atoms in total. The molecule has 0 atom stereocenters. The maximum Gasteiger partial charge on any atom is 3.00 e. The Hall–Kier alpha value is -1.68. The summed E-state index contributed by atoms with van der Waals surface area (Å²) in [6.07, 6.45) is 0. The van der Waals surface area contributed by atoms with Crippen molar-refractivity contribution in [3.05, 3.63) is 0 Å². The maximum atomic E-state index is 10.4. The molecule has 0 aliphatic rings. The van der Waals surface area contributed by atoms with Crippen LogP contribution in [0, 0.1) is 0 Å². The first-order chi connectivity index (χ1) is 9.20. The van der Waals surface area contributed by atoms with Crippen molar-refractivity contribution in [3.63, 3.8) is 0 Å². The molecule has 1 radical (unpaired) electrons. The van der Waals surface area contributed by atoms with E-state index >= 15 is 0 Å². The number of rotatable bonds is 11. The minimum absolute atomic E-state index is 0. The molecule has 0 bridgehead atoms. The van der Waals surface area contributed by atoms with E-state index in [1.54, 1.807) is 0 Å². The number of hydrogen-bond acceptors (Lipinski definition) is 10. The molecule has 0 aromatic carbocycles. The van der Waals surface area contributed by atoms with Crippen LogP contribution in [-0.4, -0.2) is 72.9 Å². The van der Waals surface area contributed by atoms with Crippen LogP contribution in [0.25, 0.3) is 0 Å². The third kappa shape index (κ3) is 13.1. The fourth-order valence-corrected chi connectivity index (χ4v) is 1.44. The van der Waals surface area contributed by atoms with E-state index in [0.717, 1.165) is 9.80 Å². The van der Waals surface area contributed by atoms with Crippen molar-refractivity contribution in [2.75, 3.05) is 39.3 Å². The van der Waals surface area contributed by atoms with E-state index in [1.165, 1.54) is 0 Å². The molecule has 0 rings (SSSR count). The van der Waals surface area contributed by atoms with Gasteiger partial charge in [-0.25, -0.2) is 0 Å². The Bertz CT molecular complexity index is 327. The van der Waals surface area contributed by atoms with E-state index in [-0.39, 0.29) is 31.6 Å². The Morgan fingerprint density at radius 3 is 0.952 bits per heavy atom. The molecule has 0 fully saturated rings. The van der Waals surface area contributed by atoms with E-state index in [1.807, 2.05) is 0 Å². The van der Waals surface area contributed by atoms with Crippen LogP contribution in [0.4, 0.5) is 0 Å². The molecule has 0 heterocycles. The van der Waals surface area contributed by atoms with Crippen LogP contribution in [0.15, 0.2) is 0 Å². The molecular formula is C10H13FeN2O8. The second-order valence-corrected chi connectivity index (χ2v) is 3.91. The van der Waals surface area contributed by atoms with Crippen molar-refractivity contribution >= 4 is 23.9 Å². The number of carboxylic acids is 4. The standard InChI is InChI=1S/C10H16N2O8.Fe/c13-7(14)3-11(4-8(15)16)1-2-12(5-9(17)18)6-10(19)20;/h1-6H2,(H,13,14)(H,15,16)(H,17,18)(H,19,20);/q;+3/p-3. The summed E-state index contributed by atoms with van der Waals surface area (Å²) in [5.74, 6) is -6.12. The fraction of sp³-hybridized carbons (Fsp3) is 0.600. The zero-order valence-corrected chi connectivity index (χ0v) is 11.9. The summed E-state index contributed by atoms with van der Waals surface area (Å²) in [6, 6.07) is 0. The molecule has 0 aromatic rings. The van der Waals surface area contributed by atoms with Gasteiger partial charge >= 0.3 is 18.5 Å². The molecule has 0 aliphatic heterocycles. The van der Waals surface area contributed by atoms with Gasteiger partial charge in [-0.15, -0.1) is 0 Å². The summed E-state index contributed by atoms with van der Waals surface area (Å²) in [7, 11) is 0. The molecule has 0 amide bonds. The van der Waals surface area contributed by atoms with E-state index in [4.69, 9.17) is 0 Å². The Morgan fingerprint density at radius 1 is 0.619 bits per heavy atom. The molecule has 0 unspecified atom stereocenters. The minimum atomic E-state index is -1.53. The molecule has 21 heavy (non-hydrogen) atoms. The quantitative estimate of drug-likeness (QED) is 0.328. The summed E-state index contributed by atoms with van der Waals surface area (Å²) in [6.45, 7) is -3.25. The Balaban J connectivity index is -0.00000180. The SMILES string of the molecule is O=C([O-])CN(CCN(CC(=O)[O-])CC(=O)[O-])CC(=O)[O-].[Fe+3].[H+]. The Morgan fingerprint density at radius 2 is 0.810 bits per heavy atom. The van der Waals surface area contributed by atoms with Gasteiger partial charge in [0.2, 0.25) is 0 Å². The van der Waals surface area contributed by atoms with Gasteiger partial charge in [0, 0.05) is 39.3 Å². The van der Waals surface area contributed by atoms with Crippen molar-refractivity contribution in [2.45, 2.75) is 0 Å². The molecule has 0 spiro atoms. The predicted octanol–water partition coefficient (Wildman–Crippen LogP) is -7.30. The smallest absolute Gasteiger partial charge is 0.549 e. The molecule has 0 saturated heterocycles. The topological polar surface area (TPSA) is 167 Å². The number of carboxylic acid groups (broad SMARTS) is 4. The van der Waals surface area contributed by atoms with Crippen molar-refractivity contribution in [3.8, 4) is 0 Å². The summed E-state index contributed by atoms with van der Waals surface area (Å²) in [5.41, 5.74) is 0. The van der Waals surface area contributed by atoms with Gasteiger partial charge in [0.15, 0.2) is 0 Å². The first kappa shape index (κ1) is 21.6. The Labute approximate surface area is 131 Å². The first-order valence-electron chi connectivity index (χ1n) is 5.44. The van der Waals surface area contributed by atoms with Gasteiger partial charge in [-0.2, -0.15) is 0 Å². The average molecular weight is 345 g/mol. The summed E-state index contributed by atoms with van der Waals surface area (Å²) in [4.78, 5) is 43.4. The van der Waals surface area contributed by atoms with Crippen LogP contribution >= 0.6 is 0 Å². The van der Waals surface area contributed by atoms with E-state index < -0.39 is 50.1 Å². The molecule has 119 valence electrons. The summed E-state index contributed by atoms with van der Waals surface area (Å²) in [5, 5.41) is 41.6. The zero-order chi connectivity index (χ0) is 15.7. The van der Waals surface area contributed by atoms with Crippen molar-refractivity contribution < 1.29 is 58.1 Å². The van der Waals surface area contributed by atoms with E-state index in [9.17, 15) is 39.6 Å². The zero-order valence-electron chi connectivity index (χ0n) is 11.8. The number of hydrogen-bond donors (Lipinski definition) is 0. The van der Waals surface area contributed by atoms with Crippen molar-refractivity contribution in [1.29, 1.82) is 0 Å². The number of nitrogens with zero attached hydrogens (tertiary/aromatic N) is 2. The minimum Gasteiger partial charge on any atom is -0.549 e. The third-order valence-corrected chi connectivity index (χ3v) is 2.14. The normalized spacial score (nSPS) is 10.2. The van der Waals surface area contributed by atoms with Gasteiger partial charge in [0.25, 0.3) is 0 Å². The van der Waals surface area contributed by atoms with Crippen LogP contribution in [0.3, 0.4) is 0 Å². The van der Waals surface area contributed by atoms with Crippen molar-refractivity contribution in [1.82, 2.24) is 9.80 Å². The second-order valence-electron chi connectivity index (χ2n) is 3.91. The number of aliphatic carboxylic acids is 4. The van der Waals surface area contributed by atoms with Crippen LogP contribution in [-0.2, 0) is 36.2 Å². The molecule has 0 N–H and O–H groups in total. The fourth-order valence-electron chi connectivity index (χ4n) is 1.44. The number of carbonyl (C=O) groups is 4. The monoisotopic (exact) mass is 345 g/mol. The van der Waals surface area contributed by atoms with Gasteiger partial charge in [-0.1, -0.05) is 0 Å². The summed E-state index contributed by atoms with van der Waals surface area (Å²) < 4.78 is 0. The molecule has 0 aromatic heterocycles. The van der Waals surface area contributed by atoms with Gasteiger partial charge < -0.3 is 39.6 Å². The van der Waals surface area contributed by atoms with Gasteiger partial charge in [-0.3, -0.25) is 9.80 Å². The van der Waals surface area contributed by atoms with E-state index in [0.29, 0.717) is 0 Å². The largest absolute Gasteiger partial charge is 3.00 e. The predicted molar refractivity (Wildman–Crippen MR) is 54.0 cm³/mol. The molecule has 11 heteroatoms. The van der Waals surface area contributed by atoms with E-state index in [2.05, 4.69) is 0 Å². The summed E-state index contributed by atoms with van der Waals surface area (Å²) >= 11 is 0. The first-order valence-corrected chi connectivity index (χ1v) is 5.44. The molecule has 0 saturated carbocycles. The van der Waals surface area contributed by atoms with Crippen LogP contribution < -0.4 is 20.4 Å². The van der Waals surface area contributed by atoms with Gasteiger partial charge in [0.05, 0.1) is 23.9 Å².